The van der Waals surface area contributed by atoms with Crippen LogP contribution < -0.4 is 4.90 Å². The molecular weight excluding hydrogens is 396 g/mol. The van der Waals surface area contributed by atoms with Crippen LogP contribution in [0.3, 0.4) is 0 Å². The summed E-state index contributed by atoms with van der Waals surface area (Å²) in [4.78, 5) is 25.4. The third kappa shape index (κ3) is 3.01. The molecule has 1 N–H and O–H groups in total. The minimum Gasteiger partial charge on any atom is -0.389 e. The van der Waals surface area contributed by atoms with Crippen molar-refractivity contribution in [2.24, 2.45) is 0 Å². The zero-order valence-corrected chi connectivity index (χ0v) is 16.7. The number of aliphatic hydroxyl groups is 1. The van der Waals surface area contributed by atoms with E-state index in [1.807, 2.05) is 6.07 Å². The lowest BCUT2D eigenvalue weighted by Crippen LogP contribution is -2.51. The number of pyridine rings is 1. The van der Waals surface area contributed by atoms with Crippen LogP contribution in [0.25, 0.3) is 16.2 Å². The molecule has 3 aromatic heterocycles. The van der Waals surface area contributed by atoms with Gasteiger partial charge in [-0.2, -0.15) is 0 Å². The smallest absolute Gasteiger partial charge is 0.194 e. The maximum Gasteiger partial charge on any atom is 0.194 e. The fraction of sp³-hybridized carbons (Fsp3) is 0.316. The Labute approximate surface area is 170 Å². The van der Waals surface area contributed by atoms with Crippen LogP contribution in [-0.2, 0) is 6.42 Å². The predicted molar refractivity (Wildman–Crippen MR) is 108 cm³/mol. The molecule has 0 amide bonds. The van der Waals surface area contributed by atoms with Crippen LogP contribution in [0, 0.1) is 0 Å². The van der Waals surface area contributed by atoms with Crippen LogP contribution in [-0.4, -0.2) is 49.2 Å². The van der Waals surface area contributed by atoms with E-state index in [9.17, 15) is 5.11 Å². The Balaban J connectivity index is 1.53. The quantitative estimate of drug-likeness (QED) is 0.654. The molecule has 0 spiro atoms. The molecule has 28 heavy (non-hydrogen) atoms. The van der Waals surface area contributed by atoms with Gasteiger partial charge in [0.15, 0.2) is 10.8 Å². The van der Waals surface area contributed by atoms with Gasteiger partial charge in [-0.1, -0.05) is 18.5 Å². The predicted octanol–water partition coefficient (Wildman–Crippen LogP) is 3.06. The first-order valence-corrected chi connectivity index (χ1v) is 10.3. The molecule has 0 unspecified atom stereocenters. The van der Waals surface area contributed by atoms with Crippen molar-refractivity contribution in [3.63, 3.8) is 0 Å². The Hall–Kier alpha value is -2.29. The molecule has 0 bridgehead atoms. The van der Waals surface area contributed by atoms with Gasteiger partial charge >= 0.3 is 0 Å². The number of rotatable bonds is 4. The Morgan fingerprint density at radius 2 is 2.04 bits per heavy atom. The summed E-state index contributed by atoms with van der Waals surface area (Å²) in [6, 6.07) is 1.94. The van der Waals surface area contributed by atoms with E-state index in [2.05, 4.69) is 26.8 Å². The summed E-state index contributed by atoms with van der Waals surface area (Å²) >= 11 is 8.07. The van der Waals surface area contributed by atoms with Gasteiger partial charge in [0, 0.05) is 43.0 Å². The zero-order valence-electron chi connectivity index (χ0n) is 15.1. The molecule has 5 rings (SSSR count). The Bertz CT molecular complexity index is 1110. The summed E-state index contributed by atoms with van der Waals surface area (Å²) in [7, 11) is 0. The Morgan fingerprint density at radius 1 is 1.21 bits per heavy atom. The second-order valence-electron chi connectivity index (χ2n) is 6.83. The molecule has 0 radical (unpaired) electrons. The van der Waals surface area contributed by atoms with Crippen molar-refractivity contribution in [2.75, 3.05) is 18.0 Å². The molecule has 1 fully saturated rings. The van der Waals surface area contributed by atoms with Gasteiger partial charge < -0.3 is 10.0 Å². The lowest BCUT2D eigenvalue weighted by Gasteiger charge is -2.38. The number of β-amino-alcohol motifs (C(OH)–C–C–N with tert-alkyl or cyclic N) is 1. The number of nitrogens with zero attached hydrogens (tertiary/aromatic N) is 6. The largest absolute Gasteiger partial charge is 0.389 e. The molecule has 0 saturated carbocycles. The van der Waals surface area contributed by atoms with E-state index in [0.717, 1.165) is 45.4 Å². The monoisotopic (exact) mass is 412 g/mol. The van der Waals surface area contributed by atoms with E-state index in [1.54, 1.807) is 18.6 Å². The van der Waals surface area contributed by atoms with Crippen LogP contribution in [0.2, 0.25) is 0 Å². The number of aromatic nitrogens is 5. The molecule has 0 aromatic carbocycles. The highest BCUT2D eigenvalue weighted by Crippen LogP contribution is 2.43. The topological polar surface area (TPSA) is 87.9 Å². The lowest BCUT2D eigenvalue weighted by atomic mass is 10.1. The minimum atomic E-state index is -0.320. The summed E-state index contributed by atoms with van der Waals surface area (Å²) in [5, 5.41) is 11.1. The van der Waals surface area contributed by atoms with E-state index in [1.165, 1.54) is 17.3 Å². The van der Waals surface area contributed by atoms with Crippen molar-refractivity contribution in [3.8, 4) is 0 Å². The van der Waals surface area contributed by atoms with Gasteiger partial charge in [-0.15, -0.1) is 0 Å². The molecule has 2 aliphatic rings. The van der Waals surface area contributed by atoms with Gasteiger partial charge in [0.2, 0.25) is 0 Å². The first kappa shape index (κ1) is 17.8. The Kier molecular flexibility index (Phi) is 4.41. The third-order valence-electron chi connectivity index (χ3n) is 4.95. The first-order chi connectivity index (χ1) is 13.6. The van der Waals surface area contributed by atoms with Gasteiger partial charge in [0.05, 0.1) is 22.4 Å². The number of hydrogen-bond acceptors (Lipinski definition) is 8. The third-order valence-corrected chi connectivity index (χ3v) is 6.23. The van der Waals surface area contributed by atoms with Crippen LogP contribution >= 0.6 is 23.4 Å². The van der Waals surface area contributed by atoms with Crippen molar-refractivity contribution in [3.05, 3.63) is 41.5 Å². The Morgan fingerprint density at radius 3 is 2.82 bits per heavy atom. The number of hydrogen-bond donors (Lipinski definition) is 1. The van der Waals surface area contributed by atoms with Crippen LogP contribution in [0.4, 0.5) is 5.82 Å². The number of halogens is 1. The van der Waals surface area contributed by atoms with Crippen molar-refractivity contribution in [1.82, 2.24) is 24.9 Å². The normalized spacial score (nSPS) is 16.6. The maximum atomic E-state index is 9.74. The average Bonchev–Trinajstić information content (AvgIpc) is 3.00. The van der Waals surface area contributed by atoms with Gasteiger partial charge in [-0.3, -0.25) is 4.98 Å². The zero-order chi connectivity index (χ0) is 19.3. The van der Waals surface area contributed by atoms with Crippen molar-refractivity contribution < 1.29 is 5.11 Å². The summed E-state index contributed by atoms with van der Waals surface area (Å²) in [6.07, 6.45) is 6.34. The van der Waals surface area contributed by atoms with Gasteiger partial charge in [-0.05, 0) is 29.8 Å². The van der Waals surface area contributed by atoms with E-state index in [4.69, 9.17) is 21.6 Å². The van der Waals surface area contributed by atoms with Gasteiger partial charge in [0.1, 0.15) is 11.3 Å². The van der Waals surface area contributed by atoms with Gasteiger partial charge in [0.25, 0.3) is 0 Å². The molecule has 3 aromatic rings. The summed E-state index contributed by atoms with van der Waals surface area (Å²) in [5.41, 5.74) is 4.39. The number of fused-ring (bicyclic) bond motifs is 2. The summed E-state index contributed by atoms with van der Waals surface area (Å²) in [6.45, 7) is 3.22. The fourth-order valence-corrected chi connectivity index (χ4v) is 4.63. The maximum absolute atomic E-state index is 9.74. The molecule has 7 nitrogen and oxygen atoms in total. The molecule has 4 heterocycles. The lowest BCUT2D eigenvalue weighted by molar-refractivity contribution is 0.141. The van der Waals surface area contributed by atoms with Crippen molar-refractivity contribution >= 4 is 45.4 Å². The molecule has 1 aliphatic carbocycles. The SMILES string of the molecule is CCC1=C(Cl)c2c(nc(Sc3cnc4nccnc4c3)nc2N2CC(O)C2)C1. The van der Waals surface area contributed by atoms with Crippen molar-refractivity contribution in [1.29, 1.82) is 0 Å². The van der Waals surface area contributed by atoms with Crippen LogP contribution in [0.1, 0.15) is 24.6 Å². The highest BCUT2D eigenvalue weighted by Gasteiger charge is 2.33. The summed E-state index contributed by atoms with van der Waals surface area (Å²) in [5.74, 6) is 0.805. The van der Waals surface area contributed by atoms with Crippen LogP contribution in [0.15, 0.2) is 40.3 Å². The molecular formula is C19H17ClN6OS. The molecule has 1 saturated heterocycles. The molecule has 1 aliphatic heterocycles. The number of anilines is 1. The molecule has 142 valence electrons. The summed E-state index contributed by atoms with van der Waals surface area (Å²) < 4.78 is 0. The highest BCUT2D eigenvalue weighted by molar-refractivity contribution is 7.99. The molecule has 9 heteroatoms. The second-order valence-corrected chi connectivity index (χ2v) is 8.25. The fourth-order valence-electron chi connectivity index (χ4n) is 3.46. The van der Waals surface area contributed by atoms with E-state index < -0.39 is 0 Å². The minimum absolute atomic E-state index is 0.320. The van der Waals surface area contributed by atoms with Gasteiger partial charge in [-0.25, -0.2) is 19.9 Å². The molecule has 0 atom stereocenters. The standard InChI is InChI=1S/C19H17ClN6OS/c1-2-10-5-13-15(16(10)20)18(26-8-11(27)9-26)25-19(24-13)28-12-6-14-17(23-7-12)22-4-3-21-14/h3-4,6-7,11,27H,2,5,8-9H2,1H3. The first-order valence-electron chi connectivity index (χ1n) is 9.08. The van der Waals surface area contributed by atoms with E-state index in [0.29, 0.717) is 23.9 Å². The van der Waals surface area contributed by atoms with E-state index >= 15 is 0 Å². The second kappa shape index (κ2) is 6.95. The van der Waals surface area contributed by atoms with Crippen molar-refractivity contribution in [2.45, 2.75) is 35.9 Å². The van der Waals surface area contributed by atoms with E-state index in [-0.39, 0.29) is 6.10 Å². The average molecular weight is 413 g/mol. The van der Waals surface area contributed by atoms with Crippen LogP contribution in [0.5, 0.6) is 0 Å². The number of aliphatic hydroxyl groups excluding tert-OH is 1. The highest BCUT2D eigenvalue weighted by atomic mass is 35.5. The number of allylic oxidation sites excluding steroid dienone is 1.